The average Bonchev–Trinajstić information content (AvgIpc) is 2.83. The highest BCUT2D eigenvalue weighted by Gasteiger charge is 2.22. The SMILES string of the molecule is CCCCCCCCCCCCCCCCNc1ncnc(Nc2ccc(F)cc2)c1[N+](=O)[O-]. The Morgan fingerprint density at radius 1 is 0.794 bits per heavy atom. The normalized spacial score (nSPS) is 10.9. The van der Waals surface area contributed by atoms with Crippen LogP contribution in [0, 0.1) is 15.9 Å². The van der Waals surface area contributed by atoms with Crippen molar-refractivity contribution in [3.8, 4) is 0 Å². The van der Waals surface area contributed by atoms with E-state index < -0.39 is 4.92 Å². The van der Waals surface area contributed by atoms with Crippen molar-refractivity contribution in [2.24, 2.45) is 0 Å². The van der Waals surface area contributed by atoms with E-state index in [-0.39, 0.29) is 23.1 Å². The quantitative estimate of drug-likeness (QED) is 0.121. The Morgan fingerprint density at radius 2 is 1.29 bits per heavy atom. The summed E-state index contributed by atoms with van der Waals surface area (Å²) in [5.41, 5.74) is 0.304. The summed E-state index contributed by atoms with van der Waals surface area (Å²) in [6, 6.07) is 5.57. The maximum atomic E-state index is 13.1. The average molecular weight is 474 g/mol. The lowest BCUT2D eigenvalue weighted by molar-refractivity contribution is -0.383. The molecule has 2 rings (SSSR count). The van der Waals surface area contributed by atoms with Crippen molar-refractivity contribution in [1.82, 2.24) is 9.97 Å². The number of nitrogens with one attached hydrogen (secondary N) is 2. The van der Waals surface area contributed by atoms with Crippen molar-refractivity contribution in [3.63, 3.8) is 0 Å². The van der Waals surface area contributed by atoms with Gasteiger partial charge in [-0.25, -0.2) is 14.4 Å². The van der Waals surface area contributed by atoms with E-state index >= 15 is 0 Å². The Hall–Kier alpha value is -2.77. The smallest absolute Gasteiger partial charge is 0.353 e. The van der Waals surface area contributed by atoms with E-state index in [0.717, 1.165) is 12.8 Å². The van der Waals surface area contributed by atoms with Gasteiger partial charge in [0.2, 0.25) is 11.6 Å². The molecule has 1 aromatic carbocycles. The molecule has 0 saturated heterocycles. The minimum atomic E-state index is -0.501. The van der Waals surface area contributed by atoms with Gasteiger partial charge in [-0.15, -0.1) is 0 Å². The third-order valence-electron chi connectivity index (χ3n) is 5.93. The molecule has 1 aromatic heterocycles. The molecule has 0 atom stereocenters. The summed E-state index contributed by atoms with van der Waals surface area (Å²) in [5.74, 6) is -0.104. The second-order valence-electron chi connectivity index (χ2n) is 8.83. The summed E-state index contributed by atoms with van der Waals surface area (Å²) in [6.45, 7) is 2.87. The topological polar surface area (TPSA) is 93.0 Å². The summed E-state index contributed by atoms with van der Waals surface area (Å²) < 4.78 is 13.1. The molecule has 34 heavy (non-hydrogen) atoms. The van der Waals surface area contributed by atoms with Gasteiger partial charge in [-0.2, -0.15) is 0 Å². The molecule has 0 unspecified atom stereocenters. The third-order valence-corrected chi connectivity index (χ3v) is 5.93. The summed E-state index contributed by atoms with van der Waals surface area (Å²) in [7, 11) is 0. The molecule has 7 nitrogen and oxygen atoms in total. The molecule has 0 fully saturated rings. The largest absolute Gasteiger partial charge is 0.364 e. The summed E-state index contributed by atoms with van der Waals surface area (Å²) >= 11 is 0. The van der Waals surface area contributed by atoms with Crippen molar-refractivity contribution < 1.29 is 9.31 Å². The first-order valence-electron chi connectivity index (χ1n) is 12.9. The summed E-state index contributed by atoms with van der Waals surface area (Å²) in [6.07, 6.45) is 19.3. The molecule has 0 aliphatic carbocycles. The number of aromatic nitrogens is 2. The number of benzene rings is 1. The molecule has 2 aromatic rings. The van der Waals surface area contributed by atoms with Crippen LogP contribution in [0.5, 0.6) is 0 Å². The number of halogens is 1. The van der Waals surface area contributed by atoms with E-state index in [1.54, 1.807) is 0 Å². The van der Waals surface area contributed by atoms with Crippen LogP contribution < -0.4 is 10.6 Å². The van der Waals surface area contributed by atoms with Gasteiger partial charge in [0.05, 0.1) is 4.92 Å². The van der Waals surface area contributed by atoms with Gasteiger partial charge in [0.15, 0.2) is 0 Å². The van der Waals surface area contributed by atoms with Crippen molar-refractivity contribution in [2.45, 2.75) is 96.8 Å². The number of anilines is 3. The lowest BCUT2D eigenvalue weighted by Gasteiger charge is -2.10. The Balaban J connectivity index is 1.61. The summed E-state index contributed by atoms with van der Waals surface area (Å²) in [4.78, 5) is 19.2. The van der Waals surface area contributed by atoms with Crippen LogP contribution in [-0.4, -0.2) is 21.4 Å². The molecule has 188 valence electrons. The third kappa shape index (κ3) is 10.9. The molecule has 0 radical (unpaired) electrons. The molecule has 0 bridgehead atoms. The van der Waals surface area contributed by atoms with Crippen LogP contribution in [0.1, 0.15) is 96.8 Å². The van der Waals surface area contributed by atoms with Gasteiger partial charge in [0.25, 0.3) is 0 Å². The van der Waals surface area contributed by atoms with Gasteiger partial charge in [0.1, 0.15) is 12.1 Å². The van der Waals surface area contributed by atoms with Gasteiger partial charge < -0.3 is 10.6 Å². The minimum Gasteiger partial charge on any atom is -0.364 e. The maximum absolute atomic E-state index is 13.1. The Morgan fingerprint density at radius 3 is 1.82 bits per heavy atom. The molecular weight excluding hydrogens is 433 g/mol. The fraction of sp³-hybridized carbons (Fsp3) is 0.615. The number of rotatable bonds is 19. The highest BCUT2D eigenvalue weighted by atomic mass is 19.1. The Labute approximate surface area is 203 Å². The number of nitrogens with zero attached hydrogens (tertiary/aromatic N) is 3. The second kappa shape index (κ2) is 16.8. The first-order valence-corrected chi connectivity index (χ1v) is 12.9. The zero-order valence-corrected chi connectivity index (χ0v) is 20.5. The highest BCUT2D eigenvalue weighted by molar-refractivity contribution is 5.73. The van der Waals surface area contributed by atoms with Crippen molar-refractivity contribution in [1.29, 1.82) is 0 Å². The molecule has 0 spiro atoms. The van der Waals surface area contributed by atoms with E-state index in [4.69, 9.17) is 0 Å². The monoisotopic (exact) mass is 473 g/mol. The first-order chi connectivity index (χ1) is 16.6. The second-order valence-corrected chi connectivity index (χ2v) is 8.83. The predicted octanol–water partition coefficient (Wildman–Crippen LogP) is 8.16. The number of hydrogen-bond acceptors (Lipinski definition) is 6. The Kier molecular flexibility index (Phi) is 13.6. The zero-order valence-electron chi connectivity index (χ0n) is 20.5. The molecule has 1 heterocycles. The van der Waals surface area contributed by atoms with Gasteiger partial charge >= 0.3 is 5.69 Å². The predicted molar refractivity (Wildman–Crippen MR) is 137 cm³/mol. The zero-order chi connectivity index (χ0) is 24.4. The van der Waals surface area contributed by atoms with Crippen molar-refractivity contribution >= 4 is 23.0 Å². The van der Waals surface area contributed by atoms with Crippen LogP contribution in [0.4, 0.5) is 27.4 Å². The van der Waals surface area contributed by atoms with Gasteiger partial charge in [-0.05, 0) is 30.7 Å². The van der Waals surface area contributed by atoms with E-state index in [9.17, 15) is 14.5 Å². The van der Waals surface area contributed by atoms with Gasteiger partial charge in [0, 0.05) is 12.2 Å². The molecule has 8 heteroatoms. The molecule has 0 saturated carbocycles. The van der Waals surface area contributed by atoms with Crippen LogP contribution >= 0.6 is 0 Å². The lowest BCUT2D eigenvalue weighted by atomic mass is 10.0. The van der Waals surface area contributed by atoms with Crippen molar-refractivity contribution in [3.05, 3.63) is 46.5 Å². The van der Waals surface area contributed by atoms with Crippen LogP contribution in [0.15, 0.2) is 30.6 Å². The molecule has 0 aliphatic heterocycles. The standard InChI is InChI=1S/C26H40FN5O2/c1-2-3-4-5-6-7-8-9-10-11-12-13-14-15-20-28-25-24(32(33)34)26(30-21-29-25)31-23-18-16-22(27)17-19-23/h16-19,21H,2-15,20H2,1H3,(H2,28,29,30,31). The van der Waals surface area contributed by atoms with Gasteiger partial charge in [-0.3, -0.25) is 10.1 Å². The van der Waals surface area contributed by atoms with Crippen LogP contribution in [-0.2, 0) is 0 Å². The Bertz CT molecular complexity index is 832. The highest BCUT2D eigenvalue weighted by Crippen LogP contribution is 2.31. The molecular formula is C26H40FN5O2. The van der Waals surface area contributed by atoms with Crippen molar-refractivity contribution in [2.75, 3.05) is 17.2 Å². The van der Waals surface area contributed by atoms with E-state index in [0.29, 0.717) is 12.2 Å². The lowest BCUT2D eigenvalue weighted by Crippen LogP contribution is -2.09. The number of unbranched alkanes of at least 4 members (excludes halogenated alkanes) is 13. The fourth-order valence-corrected chi connectivity index (χ4v) is 3.97. The molecule has 2 N–H and O–H groups in total. The molecule has 0 aliphatic rings. The maximum Gasteiger partial charge on any atom is 0.353 e. The molecule has 0 amide bonds. The van der Waals surface area contributed by atoms with Gasteiger partial charge in [-0.1, -0.05) is 90.4 Å². The minimum absolute atomic E-state index is 0.0788. The first kappa shape index (κ1) is 27.5. The van der Waals surface area contributed by atoms with E-state index in [2.05, 4.69) is 27.5 Å². The fourth-order valence-electron chi connectivity index (χ4n) is 3.97. The van der Waals surface area contributed by atoms with Crippen LogP contribution in [0.25, 0.3) is 0 Å². The summed E-state index contributed by atoms with van der Waals surface area (Å²) in [5, 5.41) is 17.6. The number of hydrogen-bond donors (Lipinski definition) is 2. The van der Waals surface area contributed by atoms with Crippen LogP contribution in [0.2, 0.25) is 0 Å². The van der Waals surface area contributed by atoms with E-state index in [1.165, 1.54) is 108 Å². The number of nitro groups is 1. The van der Waals surface area contributed by atoms with E-state index in [1.807, 2.05) is 0 Å². The van der Waals surface area contributed by atoms with Crippen LogP contribution in [0.3, 0.4) is 0 Å².